The van der Waals surface area contributed by atoms with Crippen molar-refractivity contribution in [2.75, 3.05) is 5.32 Å². The van der Waals surface area contributed by atoms with Gasteiger partial charge in [-0.15, -0.1) is 0 Å². The highest BCUT2D eigenvalue weighted by Gasteiger charge is 2.13. The Morgan fingerprint density at radius 2 is 2.04 bits per heavy atom. The summed E-state index contributed by atoms with van der Waals surface area (Å²) in [7, 11) is 0. The van der Waals surface area contributed by atoms with Gasteiger partial charge < -0.3 is 10.1 Å². The first-order chi connectivity index (χ1) is 11.0. The van der Waals surface area contributed by atoms with Crippen LogP contribution >= 0.6 is 0 Å². The number of ether oxygens (including phenoxy) is 1. The second-order valence-electron chi connectivity index (χ2n) is 5.00. The van der Waals surface area contributed by atoms with Crippen molar-refractivity contribution >= 4 is 28.7 Å². The van der Waals surface area contributed by atoms with Crippen LogP contribution in [0.4, 0.5) is 5.82 Å². The lowest BCUT2D eigenvalue weighted by molar-refractivity contribution is -0.131. The third kappa shape index (κ3) is 3.18. The molecular weight excluding hydrogens is 296 g/mol. The molecule has 3 rings (SSSR count). The number of H-pyrrole nitrogens is 1. The molecule has 0 aliphatic heterocycles. The van der Waals surface area contributed by atoms with Gasteiger partial charge in [0.15, 0.2) is 11.5 Å². The van der Waals surface area contributed by atoms with Crippen molar-refractivity contribution in [2.24, 2.45) is 0 Å². The van der Waals surface area contributed by atoms with Crippen LogP contribution in [0.5, 0.6) is 5.75 Å². The number of pyridine rings is 1. The summed E-state index contributed by atoms with van der Waals surface area (Å²) in [6.07, 6.45) is 0. The summed E-state index contributed by atoms with van der Waals surface area (Å²) in [5.41, 5.74) is 1.82. The Kier molecular flexibility index (Phi) is 3.76. The van der Waals surface area contributed by atoms with Crippen LogP contribution in [0.1, 0.15) is 23.0 Å². The molecule has 0 saturated heterocycles. The first kappa shape index (κ1) is 14.7. The number of aromatic nitrogens is 3. The van der Waals surface area contributed by atoms with Crippen molar-refractivity contribution in [1.82, 2.24) is 15.2 Å². The van der Waals surface area contributed by atoms with Gasteiger partial charge in [-0.2, -0.15) is 5.10 Å². The topological polar surface area (TPSA) is 97.0 Å². The lowest BCUT2D eigenvalue weighted by atomic mass is 10.2. The maximum Gasteiger partial charge on any atom is 0.308 e. The number of nitrogens with one attached hydrogen (secondary N) is 2. The van der Waals surface area contributed by atoms with Crippen LogP contribution in [0, 0.1) is 6.92 Å². The van der Waals surface area contributed by atoms with Crippen LogP contribution in [-0.2, 0) is 4.79 Å². The van der Waals surface area contributed by atoms with Crippen LogP contribution in [0.3, 0.4) is 0 Å². The molecule has 2 heterocycles. The standard InChI is InChI=1S/C16H14N4O3/c1-9-6-7-13-14(17-9)19-20-15(13)18-16(22)11-4-3-5-12(8-11)23-10(2)21/h3-8H,1-2H3,(H2,17,18,19,20,22). The van der Waals surface area contributed by atoms with E-state index >= 15 is 0 Å². The van der Waals surface area contributed by atoms with Gasteiger partial charge in [0.05, 0.1) is 5.39 Å². The molecule has 0 fully saturated rings. The Balaban J connectivity index is 1.84. The summed E-state index contributed by atoms with van der Waals surface area (Å²) in [4.78, 5) is 27.6. The van der Waals surface area contributed by atoms with Crippen LogP contribution in [0.2, 0.25) is 0 Å². The molecule has 3 aromatic rings. The second kappa shape index (κ2) is 5.88. The van der Waals surface area contributed by atoms with E-state index in [2.05, 4.69) is 20.5 Å². The van der Waals surface area contributed by atoms with E-state index in [1.54, 1.807) is 18.2 Å². The zero-order chi connectivity index (χ0) is 16.4. The average molecular weight is 310 g/mol. The fourth-order valence-corrected chi connectivity index (χ4v) is 2.14. The molecule has 23 heavy (non-hydrogen) atoms. The van der Waals surface area contributed by atoms with E-state index in [0.29, 0.717) is 22.8 Å². The minimum atomic E-state index is -0.442. The fraction of sp³-hybridized carbons (Fsp3) is 0.125. The summed E-state index contributed by atoms with van der Waals surface area (Å²) in [6, 6.07) is 10.0. The Bertz CT molecular complexity index is 901. The number of aryl methyl sites for hydroxylation is 1. The van der Waals surface area contributed by atoms with Crippen LogP contribution < -0.4 is 10.1 Å². The zero-order valence-electron chi connectivity index (χ0n) is 12.6. The van der Waals surface area contributed by atoms with Gasteiger partial charge >= 0.3 is 5.97 Å². The lowest BCUT2D eigenvalue weighted by Gasteiger charge is -2.05. The van der Waals surface area contributed by atoms with E-state index in [0.717, 1.165) is 11.1 Å². The summed E-state index contributed by atoms with van der Waals surface area (Å²) >= 11 is 0. The van der Waals surface area contributed by atoms with Crippen LogP contribution in [-0.4, -0.2) is 27.1 Å². The van der Waals surface area contributed by atoms with Crippen molar-refractivity contribution in [1.29, 1.82) is 0 Å². The van der Waals surface area contributed by atoms with Gasteiger partial charge in [0, 0.05) is 18.2 Å². The molecule has 0 spiro atoms. The molecule has 0 unspecified atom stereocenters. The van der Waals surface area contributed by atoms with E-state index in [1.807, 2.05) is 19.1 Å². The maximum atomic E-state index is 12.3. The minimum absolute atomic E-state index is 0.314. The first-order valence-electron chi connectivity index (χ1n) is 6.94. The Morgan fingerprint density at radius 1 is 1.22 bits per heavy atom. The number of fused-ring (bicyclic) bond motifs is 1. The molecule has 2 N–H and O–H groups in total. The molecule has 0 aliphatic carbocycles. The van der Waals surface area contributed by atoms with Gasteiger partial charge in [-0.25, -0.2) is 4.98 Å². The monoisotopic (exact) mass is 310 g/mol. The highest BCUT2D eigenvalue weighted by Crippen LogP contribution is 2.20. The number of esters is 1. The summed E-state index contributed by atoms with van der Waals surface area (Å²) in [6.45, 7) is 3.18. The molecule has 116 valence electrons. The summed E-state index contributed by atoms with van der Waals surface area (Å²) in [5, 5.41) is 10.3. The fourth-order valence-electron chi connectivity index (χ4n) is 2.14. The highest BCUT2D eigenvalue weighted by atomic mass is 16.5. The third-order valence-corrected chi connectivity index (χ3v) is 3.15. The van der Waals surface area contributed by atoms with Crippen LogP contribution in [0.15, 0.2) is 36.4 Å². The molecule has 0 atom stereocenters. The van der Waals surface area contributed by atoms with Crippen molar-refractivity contribution in [3.05, 3.63) is 47.7 Å². The number of benzene rings is 1. The number of hydrogen-bond acceptors (Lipinski definition) is 5. The Labute approximate surface area is 131 Å². The van der Waals surface area contributed by atoms with Crippen molar-refractivity contribution in [3.8, 4) is 5.75 Å². The normalized spacial score (nSPS) is 10.5. The SMILES string of the molecule is CC(=O)Oc1cccc(C(=O)Nc2n[nH]c3nc(C)ccc23)c1. The average Bonchev–Trinajstić information content (AvgIpc) is 2.89. The van der Waals surface area contributed by atoms with Crippen LogP contribution in [0.25, 0.3) is 11.0 Å². The lowest BCUT2D eigenvalue weighted by Crippen LogP contribution is -2.13. The largest absolute Gasteiger partial charge is 0.427 e. The Hall–Kier alpha value is -3.22. The van der Waals surface area contributed by atoms with Gasteiger partial charge in [-0.05, 0) is 37.3 Å². The first-order valence-corrected chi connectivity index (χ1v) is 6.94. The van der Waals surface area contributed by atoms with Gasteiger partial charge in [0.1, 0.15) is 5.75 Å². The number of carbonyl (C=O) groups excluding carboxylic acids is 2. The predicted octanol–water partition coefficient (Wildman–Crippen LogP) is 2.44. The third-order valence-electron chi connectivity index (χ3n) is 3.15. The van der Waals surface area contributed by atoms with Crippen molar-refractivity contribution < 1.29 is 14.3 Å². The molecule has 0 saturated carbocycles. The quantitative estimate of drug-likeness (QED) is 0.572. The molecule has 1 amide bonds. The van der Waals surface area contributed by atoms with Crippen molar-refractivity contribution in [3.63, 3.8) is 0 Å². The molecule has 7 heteroatoms. The van der Waals surface area contributed by atoms with E-state index in [1.165, 1.54) is 13.0 Å². The number of nitrogens with zero attached hydrogens (tertiary/aromatic N) is 2. The number of aromatic amines is 1. The van der Waals surface area contributed by atoms with E-state index < -0.39 is 5.97 Å². The highest BCUT2D eigenvalue weighted by molar-refractivity contribution is 6.07. The predicted molar refractivity (Wildman–Crippen MR) is 84.3 cm³/mol. The summed E-state index contributed by atoms with van der Waals surface area (Å²) < 4.78 is 4.97. The molecular formula is C16H14N4O3. The minimum Gasteiger partial charge on any atom is -0.427 e. The van der Waals surface area contributed by atoms with E-state index in [4.69, 9.17) is 4.74 Å². The smallest absolute Gasteiger partial charge is 0.308 e. The summed E-state index contributed by atoms with van der Waals surface area (Å²) in [5.74, 6) is -0.0833. The van der Waals surface area contributed by atoms with Gasteiger partial charge in [0.2, 0.25) is 0 Å². The molecule has 0 radical (unpaired) electrons. The number of rotatable bonds is 3. The Morgan fingerprint density at radius 3 is 2.83 bits per heavy atom. The second-order valence-corrected chi connectivity index (χ2v) is 5.00. The van der Waals surface area contributed by atoms with Gasteiger partial charge in [-0.3, -0.25) is 14.7 Å². The number of amides is 1. The molecule has 1 aromatic carbocycles. The van der Waals surface area contributed by atoms with E-state index in [9.17, 15) is 9.59 Å². The zero-order valence-corrected chi connectivity index (χ0v) is 12.6. The van der Waals surface area contributed by atoms with Crippen molar-refractivity contribution in [2.45, 2.75) is 13.8 Å². The number of hydrogen-bond donors (Lipinski definition) is 2. The maximum absolute atomic E-state index is 12.3. The van der Waals surface area contributed by atoms with Gasteiger partial charge in [0.25, 0.3) is 5.91 Å². The number of anilines is 1. The van der Waals surface area contributed by atoms with Gasteiger partial charge in [-0.1, -0.05) is 6.07 Å². The molecule has 0 aliphatic rings. The number of carbonyl (C=O) groups is 2. The molecule has 7 nitrogen and oxygen atoms in total. The molecule has 0 bridgehead atoms. The van der Waals surface area contributed by atoms with E-state index in [-0.39, 0.29) is 5.91 Å². The molecule has 2 aromatic heterocycles.